The van der Waals surface area contributed by atoms with Crippen LogP contribution in [0.5, 0.6) is 0 Å². The Kier molecular flexibility index (Phi) is 6.18. The number of carbonyl (C=O) groups excluding carboxylic acids is 2. The van der Waals surface area contributed by atoms with Crippen molar-refractivity contribution in [1.82, 2.24) is 0 Å². The van der Waals surface area contributed by atoms with E-state index in [0.29, 0.717) is 22.9 Å². The lowest BCUT2D eigenvalue weighted by Gasteiger charge is -2.33. The smallest absolute Gasteiger partial charge is 0.258 e. The van der Waals surface area contributed by atoms with Gasteiger partial charge < -0.3 is 10.6 Å². The number of rotatable bonds is 4. The number of anilines is 2. The van der Waals surface area contributed by atoms with Crippen molar-refractivity contribution in [3.63, 3.8) is 0 Å². The van der Waals surface area contributed by atoms with Crippen LogP contribution in [-0.4, -0.2) is 11.8 Å². The van der Waals surface area contributed by atoms with E-state index < -0.39 is 0 Å². The zero-order valence-electron chi connectivity index (χ0n) is 18.4. The molecule has 0 saturated heterocycles. The lowest BCUT2D eigenvalue weighted by Crippen LogP contribution is -2.27. The van der Waals surface area contributed by atoms with Crippen LogP contribution in [0.25, 0.3) is 0 Å². The summed E-state index contributed by atoms with van der Waals surface area (Å²) in [7, 11) is 0. The highest BCUT2D eigenvalue weighted by Gasteiger charge is 2.34. The third-order valence-corrected chi connectivity index (χ3v) is 7.09. The number of fused-ring (bicyclic) bond motifs is 1. The van der Waals surface area contributed by atoms with Crippen molar-refractivity contribution in [1.29, 1.82) is 0 Å². The first-order valence-electron chi connectivity index (χ1n) is 10.4. The second kappa shape index (κ2) is 8.31. The van der Waals surface area contributed by atoms with E-state index in [2.05, 4.69) is 37.5 Å². The average molecular weight is 413 g/mol. The molecule has 0 aliphatic heterocycles. The van der Waals surface area contributed by atoms with Crippen LogP contribution in [0.2, 0.25) is 0 Å². The average Bonchev–Trinajstić information content (AvgIpc) is 3.00. The van der Waals surface area contributed by atoms with E-state index in [9.17, 15) is 9.59 Å². The number of nitrogens with one attached hydrogen (secondary N) is 2. The molecular formula is C24H32N2O2S. The number of hydrogen-bond donors (Lipinski definition) is 2. The van der Waals surface area contributed by atoms with Crippen molar-refractivity contribution in [2.75, 3.05) is 10.6 Å². The fourth-order valence-corrected chi connectivity index (χ4v) is 5.35. The maximum absolute atomic E-state index is 13.3. The molecule has 2 N–H and O–H groups in total. The molecule has 1 heterocycles. The fourth-order valence-electron chi connectivity index (χ4n) is 4.01. The molecule has 0 saturated carbocycles. The highest BCUT2D eigenvalue weighted by atomic mass is 32.1. The van der Waals surface area contributed by atoms with Crippen molar-refractivity contribution >= 4 is 33.8 Å². The minimum absolute atomic E-state index is 0.0588. The van der Waals surface area contributed by atoms with Gasteiger partial charge in [0.05, 0.1) is 5.56 Å². The Bertz CT molecular complexity index is 937. The third-order valence-electron chi connectivity index (χ3n) is 5.92. The molecule has 0 bridgehead atoms. The Balaban J connectivity index is 1.96. The second-order valence-electron chi connectivity index (χ2n) is 9.19. The maximum Gasteiger partial charge on any atom is 0.258 e. The number of thiophene rings is 1. The van der Waals surface area contributed by atoms with E-state index in [1.165, 1.54) is 4.88 Å². The van der Waals surface area contributed by atoms with E-state index in [4.69, 9.17) is 0 Å². The van der Waals surface area contributed by atoms with Crippen LogP contribution in [0.3, 0.4) is 0 Å². The standard InChI is InChI=1S/C24H32N2O2S/c1-7-20(27)26-23-21(22(28)25-18-11-8-14(2)12-15(18)3)17-10-9-16(24(4,5)6)13-19(17)29-23/h8,11-12,16H,7,9-10,13H2,1-6H3,(H,25,28)(H,26,27)/t16-/m1/s1. The van der Waals surface area contributed by atoms with Gasteiger partial charge in [0.15, 0.2) is 0 Å². The van der Waals surface area contributed by atoms with E-state index in [1.807, 2.05) is 32.9 Å². The van der Waals surface area contributed by atoms with Crippen molar-refractivity contribution in [2.24, 2.45) is 11.3 Å². The minimum Gasteiger partial charge on any atom is -0.322 e. The predicted octanol–water partition coefficient (Wildman–Crippen LogP) is 6.12. The Morgan fingerprint density at radius 3 is 2.52 bits per heavy atom. The molecule has 29 heavy (non-hydrogen) atoms. The number of benzene rings is 1. The summed E-state index contributed by atoms with van der Waals surface area (Å²) in [6.45, 7) is 12.7. The third kappa shape index (κ3) is 4.72. The molecule has 0 radical (unpaired) electrons. The van der Waals surface area contributed by atoms with Gasteiger partial charge >= 0.3 is 0 Å². The number of carbonyl (C=O) groups is 2. The Morgan fingerprint density at radius 2 is 1.90 bits per heavy atom. The van der Waals surface area contributed by atoms with E-state index in [-0.39, 0.29) is 17.2 Å². The summed E-state index contributed by atoms with van der Waals surface area (Å²) in [5.41, 5.74) is 5.02. The quantitative estimate of drug-likeness (QED) is 0.636. The second-order valence-corrected chi connectivity index (χ2v) is 10.3. The molecule has 3 rings (SSSR count). The minimum atomic E-state index is -0.130. The molecule has 1 aromatic carbocycles. The maximum atomic E-state index is 13.3. The Hall–Kier alpha value is -2.14. The normalized spacial score (nSPS) is 16.3. The SMILES string of the molecule is CCC(=O)Nc1sc2c(c1C(=O)Nc1ccc(C)cc1C)CC[C@@H](C(C)(C)C)C2. The summed E-state index contributed by atoms with van der Waals surface area (Å²) in [6, 6.07) is 6.01. The van der Waals surface area contributed by atoms with Gasteiger partial charge in [0, 0.05) is 17.0 Å². The molecule has 1 aromatic heterocycles. The molecule has 2 aromatic rings. The summed E-state index contributed by atoms with van der Waals surface area (Å²) in [6.07, 6.45) is 3.31. The fraction of sp³-hybridized carbons (Fsp3) is 0.500. The first kappa shape index (κ1) is 21.6. The van der Waals surface area contributed by atoms with Gasteiger partial charge in [-0.15, -0.1) is 11.3 Å². The first-order valence-corrected chi connectivity index (χ1v) is 11.2. The summed E-state index contributed by atoms with van der Waals surface area (Å²) in [5.74, 6) is 0.394. The predicted molar refractivity (Wildman–Crippen MR) is 122 cm³/mol. The van der Waals surface area contributed by atoms with Crippen LogP contribution in [-0.2, 0) is 17.6 Å². The van der Waals surface area contributed by atoms with Gasteiger partial charge in [0.2, 0.25) is 5.91 Å². The highest BCUT2D eigenvalue weighted by molar-refractivity contribution is 7.17. The topological polar surface area (TPSA) is 58.2 Å². The lowest BCUT2D eigenvalue weighted by atomic mass is 9.72. The van der Waals surface area contributed by atoms with Gasteiger partial charge in [0.1, 0.15) is 5.00 Å². The van der Waals surface area contributed by atoms with Gasteiger partial charge in [-0.1, -0.05) is 45.4 Å². The van der Waals surface area contributed by atoms with Crippen molar-refractivity contribution in [3.8, 4) is 0 Å². The number of aryl methyl sites for hydroxylation is 2. The Labute approximate surface area is 178 Å². The van der Waals surface area contributed by atoms with Gasteiger partial charge in [-0.3, -0.25) is 9.59 Å². The summed E-state index contributed by atoms with van der Waals surface area (Å²) >= 11 is 1.58. The molecule has 2 amide bonds. The van der Waals surface area contributed by atoms with Crippen LogP contribution in [0.15, 0.2) is 18.2 Å². The lowest BCUT2D eigenvalue weighted by molar-refractivity contribution is -0.115. The molecule has 4 nitrogen and oxygen atoms in total. The summed E-state index contributed by atoms with van der Waals surface area (Å²) in [5, 5.41) is 6.75. The van der Waals surface area contributed by atoms with Crippen LogP contribution < -0.4 is 10.6 Å². The van der Waals surface area contributed by atoms with E-state index in [1.54, 1.807) is 11.3 Å². The van der Waals surface area contributed by atoms with Crippen molar-refractivity contribution < 1.29 is 9.59 Å². The number of amides is 2. The first-order chi connectivity index (χ1) is 13.6. The monoisotopic (exact) mass is 412 g/mol. The molecular weight excluding hydrogens is 380 g/mol. The van der Waals surface area contributed by atoms with Crippen LogP contribution in [0, 0.1) is 25.2 Å². The molecule has 156 valence electrons. The zero-order valence-corrected chi connectivity index (χ0v) is 19.2. The van der Waals surface area contributed by atoms with E-state index in [0.717, 1.165) is 41.6 Å². The molecule has 0 fully saturated rings. The molecule has 0 spiro atoms. The summed E-state index contributed by atoms with van der Waals surface area (Å²) < 4.78 is 0. The van der Waals surface area contributed by atoms with E-state index >= 15 is 0 Å². The van der Waals surface area contributed by atoms with Crippen molar-refractivity contribution in [2.45, 2.75) is 67.2 Å². The largest absolute Gasteiger partial charge is 0.322 e. The van der Waals surface area contributed by atoms with Gasteiger partial charge in [-0.05, 0) is 61.6 Å². The zero-order chi connectivity index (χ0) is 21.3. The summed E-state index contributed by atoms with van der Waals surface area (Å²) in [4.78, 5) is 26.6. The Morgan fingerprint density at radius 1 is 1.17 bits per heavy atom. The molecule has 1 atom stereocenters. The molecule has 1 aliphatic rings. The van der Waals surface area contributed by atoms with Crippen LogP contribution in [0.4, 0.5) is 10.7 Å². The van der Waals surface area contributed by atoms with Crippen LogP contribution in [0.1, 0.15) is 72.5 Å². The van der Waals surface area contributed by atoms with Gasteiger partial charge in [0.25, 0.3) is 5.91 Å². The van der Waals surface area contributed by atoms with Gasteiger partial charge in [-0.25, -0.2) is 0 Å². The van der Waals surface area contributed by atoms with Crippen LogP contribution >= 0.6 is 11.3 Å². The van der Waals surface area contributed by atoms with Crippen molar-refractivity contribution in [3.05, 3.63) is 45.3 Å². The number of hydrogen-bond acceptors (Lipinski definition) is 3. The molecule has 0 unspecified atom stereocenters. The highest BCUT2D eigenvalue weighted by Crippen LogP contribution is 2.44. The molecule has 1 aliphatic carbocycles. The molecule has 5 heteroatoms. The van der Waals surface area contributed by atoms with Gasteiger partial charge in [-0.2, -0.15) is 0 Å².